The summed E-state index contributed by atoms with van der Waals surface area (Å²) in [4.78, 5) is 26.9. The van der Waals surface area contributed by atoms with Crippen LogP contribution < -0.4 is 5.32 Å². The van der Waals surface area contributed by atoms with Crippen molar-refractivity contribution in [2.75, 3.05) is 20.3 Å². The predicted molar refractivity (Wildman–Crippen MR) is 163 cm³/mol. The van der Waals surface area contributed by atoms with Gasteiger partial charge in [-0.05, 0) is 56.6 Å². The van der Waals surface area contributed by atoms with E-state index in [1.807, 2.05) is 56.8 Å². The summed E-state index contributed by atoms with van der Waals surface area (Å²) in [7, 11) is 1.68. The Labute approximate surface area is 250 Å². The van der Waals surface area contributed by atoms with Crippen LogP contribution in [-0.2, 0) is 20.8 Å². The van der Waals surface area contributed by atoms with Crippen LogP contribution in [0, 0.1) is 17.3 Å². The highest BCUT2D eigenvalue weighted by molar-refractivity contribution is 5.82. The smallest absolute Gasteiger partial charge is 0.409 e. The second kappa shape index (κ2) is 14.2. The standard InChI is InChI=1S/C32H52N4O6/c1-9-10-14-31(4,5)29(38)33-20-27-26(36(30(39)40)32(6,7)42-27)18-24(21(2)3)28(37)22-12-13-23-19-34-35(25(23)17-22)15-11-16-41-8/h12-13,17,19,21,24,26-28,37H,9-11,14-16,18,20H2,1-8H3,(H,33,38)(H,39,40). The lowest BCUT2D eigenvalue weighted by Crippen LogP contribution is -2.50. The summed E-state index contributed by atoms with van der Waals surface area (Å²) in [5, 5.41) is 30.5. The maximum atomic E-state index is 13.1. The molecule has 0 radical (unpaired) electrons. The number of amides is 2. The van der Waals surface area contributed by atoms with E-state index in [1.165, 1.54) is 4.90 Å². The maximum absolute atomic E-state index is 13.1. The molecule has 0 saturated carbocycles. The molecule has 3 N–H and O–H groups in total. The van der Waals surface area contributed by atoms with E-state index in [2.05, 4.69) is 17.3 Å². The molecule has 2 aromatic rings. The fourth-order valence-electron chi connectivity index (χ4n) is 6.14. The minimum Gasteiger partial charge on any atom is -0.465 e. The number of ether oxygens (including phenoxy) is 2. The Hall–Kier alpha value is -2.69. The van der Waals surface area contributed by atoms with Gasteiger partial charge in [-0.2, -0.15) is 5.10 Å². The highest BCUT2D eigenvalue weighted by Crippen LogP contribution is 2.40. The van der Waals surface area contributed by atoms with Gasteiger partial charge >= 0.3 is 6.09 Å². The lowest BCUT2D eigenvalue weighted by molar-refractivity contribution is -0.131. The number of carbonyl (C=O) groups excluding carboxylic acids is 1. The van der Waals surface area contributed by atoms with Gasteiger partial charge in [0.15, 0.2) is 0 Å². The van der Waals surface area contributed by atoms with Crippen LogP contribution in [0.5, 0.6) is 0 Å². The van der Waals surface area contributed by atoms with Gasteiger partial charge in [-0.1, -0.05) is 59.6 Å². The van der Waals surface area contributed by atoms with Crippen molar-refractivity contribution in [1.82, 2.24) is 20.0 Å². The summed E-state index contributed by atoms with van der Waals surface area (Å²) in [6, 6.07) is 5.32. The van der Waals surface area contributed by atoms with Gasteiger partial charge in [-0.25, -0.2) is 4.79 Å². The zero-order chi connectivity index (χ0) is 31.2. The lowest BCUT2D eigenvalue weighted by Gasteiger charge is -2.35. The van der Waals surface area contributed by atoms with Gasteiger partial charge in [-0.3, -0.25) is 14.4 Å². The van der Waals surface area contributed by atoms with Gasteiger partial charge in [0.05, 0.1) is 30.0 Å². The third-order valence-electron chi connectivity index (χ3n) is 8.72. The molecule has 0 spiro atoms. The normalized spacial score (nSPS) is 20.3. The number of aromatic nitrogens is 2. The third-order valence-corrected chi connectivity index (χ3v) is 8.72. The molecular weight excluding hydrogens is 536 g/mol. The van der Waals surface area contributed by atoms with E-state index in [0.29, 0.717) is 19.6 Å². The molecule has 3 rings (SSSR count). The molecule has 1 aliphatic heterocycles. The second-order valence-electron chi connectivity index (χ2n) is 13.1. The number of hydrogen-bond acceptors (Lipinski definition) is 6. The number of carboxylic acid groups (broad SMARTS) is 1. The van der Waals surface area contributed by atoms with Gasteiger partial charge in [0.25, 0.3) is 0 Å². The quantitative estimate of drug-likeness (QED) is 0.232. The summed E-state index contributed by atoms with van der Waals surface area (Å²) in [6.45, 7) is 15.1. The Balaban J connectivity index is 1.86. The molecule has 236 valence electrons. The van der Waals surface area contributed by atoms with Crippen molar-refractivity contribution in [3.05, 3.63) is 30.0 Å². The molecule has 10 heteroatoms. The zero-order valence-electron chi connectivity index (χ0n) is 26.7. The number of aliphatic hydroxyl groups excluding tert-OH is 1. The largest absolute Gasteiger partial charge is 0.465 e. The van der Waals surface area contributed by atoms with Gasteiger partial charge < -0.3 is 25.0 Å². The van der Waals surface area contributed by atoms with Crippen LogP contribution in [0.25, 0.3) is 10.9 Å². The van der Waals surface area contributed by atoms with E-state index < -0.39 is 35.5 Å². The molecule has 1 fully saturated rings. The first-order valence-electron chi connectivity index (χ1n) is 15.3. The molecule has 1 aromatic heterocycles. The molecule has 2 heterocycles. The number of benzene rings is 1. The zero-order valence-corrected chi connectivity index (χ0v) is 26.7. The summed E-state index contributed by atoms with van der Waals surface area (Å²) in [5.74, 6) is -0.290. The molecule has 0 aliphatic carbocycles. The SMILES string of the molecule is CCCCC(C)(C)C(=O)NCC1OC(C)(C)N(C(=O)O)C1CC(C(C)C)C(O)c1ccc2cnn(CCCOC)c2c1. The Kier molecular flexibility index (Phi) is 11.4. The number of nitrogens with zero attached hydrogens (tertiary/aromatic N) is 3. The van der Waals surface area contributed by atoms with E-state index in [9.17, 15) is 19.8 Å². The number of hydrogen-bond donors (Lipinski definition) is 3. The highest BCUT2D eigenvalue weighted by atomic mass is 16.6. The lowest BCUT2D eigenvalue weighted by atomic mass is 9.80. The summed E-state index contributed by atoms with van der Waals surface area (Å²) >= 11 is 0. The summed E-state index contributed by atoms with van der Waals surface area (Å²) in [6.07, 6.45) is 3.28. The third kappa shape index (κ3) is 7.82. The molecule has 10 nitrogen and oxygen atoms in total. The number of fused-ring (bicyclic) bond motifs is 1. The highest BCUT2D eigenvalue weighted by Gasteiger charge is 2.51. The first kappa shape index (κ1) is 33.8. The average Bonchev–Trinajstić information content (AvgIpc) is 3.44. The van der Waals surface area contributed by atoms with Gasteiger partial charge in [0.1, 0.15) is 5.72 Å². The minimum absolute atomic E-state index is 0.0462. The molecule has 42 heavy (non-hydrogen) atoms. The van der Waals surface area contributed by atoms with Crippen molar-refractivity contribution in [3.63, 3.8) is 0 Å². The number of aliphatic hydroxyl groups is 1. The summed E-state index contributed by atoms with van der Waals surface area (Å²) < 4.78 is 13.4. The molecule has 1 aromatic carbocycles. The van der Waals surface area contributed by atoms with E-state index in [4.69, 9.17) is 9.47 Å². The van der Waals surface area contributed by atoms with Crippen LogP contribution in [0.15, 0.2) is 24.4 Å². The van der Waals surface area contributed by atoms with E-state index in [1.54, 1.807) is 21.0 Å². The van der Waals surface area contributed by atoms with Crippen molar-refractivity contribution in [1.29, 1.82) is 0 Å². The van der Waals surface area contributed by atoms with Crippen LogP contribution >= 0.6 is 0 Å². The van der Waals surface area contributed by atoms with Crippen LogP contribution in [0.2, 0.25) is 0 Å². The monoisotopic (exact) mass is 588 g/mol. The first-order chi connectivity index (χ1) is 19.7. The Bertz CT molecular complexity index is 1190. The Morgan fingerprint density at radius 1 is 1.24 bits per heavy atom. The minimum atomic E-state index is -1.08. The molecule has 0 bridgehead atoms. The van der Waals surface area contributed by atoms with Crippen molar-refractivity contribution in [2.24, 2.45) is 17.3 Å². The molecule has 2 amide bonds. The maximum Gasteiger partial charge on any atom is 0.409 e. The van der Waals surface area contributed by atoms with E-state index in [0.717, 1.165) is 42.1 Å². The van der Waals surface area contributed by atoms with Crippen molar-refractivity contribution in [2.45, 2.75) is 111 Å². The van der Waals surface area contributed by atoms with E-state index in [-0.39, 0.29) is 24.3 Å². The molecular formula is C32H52N4O6. The molecule has 1 saturated heterocycles. The number of rotatable bonds is 15. The van der Waals surface area contributed by atoms with Crippen molar-refractivity contribution < 1.29 is 29.3 Å². The number of nitrogens with one attached hydrogen (secondary N) is 1. The number of unbranched alkanes of at least 4 members (excludes halogenated alkanes) is 1. The van der Waals surface area contributed by atoms with Crippen molar-refractivity contribution >= 4 is 22.9 Å². The molecule has 4 unspecified atom stereocenters. The number of methoxy groups -OCH3 is 1. The fraction of sp³-hybridized carbons (Fsp3) is 0.719. The van der Waals surface area contributed by atoms with Crippen LogP contribution in [0.3, 0.4) is 0 Å². The van der Waals surface area contributed by atoms with Gasteiger partial charge in [-0.15, -0.1) is 0 Å². The van der Waals surface area contributed by atoms with Gasteiger partial charge in [0.2, 0.25) is 5.91 Å². The first-order valence-corrected chi connectivity index (χ1v) is 15.3. The topological polar surface area (TPSA) is 126 Å². The number of carbonyl (C=O) groups is 2. The molecule has 1 aliphatic rings. The molecule has 4 atom stereocenters. The van der Waals surface area contributed by atoms with Crippen molar-refractivity contribution in [3.8, 4) is 0 Å². The van der Waals surface area contributed by atoms with Crippen LogP contribution in [0.4, 0.5) is 4.79 Å². The second-order valence-corrected chi connectivity index (χ2v) is 13.1. The van der Waals surface area contributed by atoms with Gasteiger partial charge in [0, 0.05) is 37.6 Å². The summed E-state index contributed by atoms with van der Waals surface area (Å²) in [5.41, 5.74) is 0.0903. The van der Waals surface area contributed by atoms with Crippen LogP contribution in [0.1, 0.15) is 92.2 Å². The van der Waals surface area contributed by atoms with Crippen LogP contribution in [-0.4, -0.2) is 75.0 Å². The average molecular weight is 589 g/mol. The number of aryl methyl sites for hydroxylation is 1. The van der Waals surface area contributed by atoms with E-state index >= 15 is 0 Å². The Morgan fingerprint density at radius 2 is 1.95 bits per heavy atom. The Morgan fingerprint density at radius 3 is 2.57 bits per heavy atom. The predicted octanol–water partition coefficient (Wildman–Crippen LogP) is 5.58. The fourth-order valence-corrected chi connectivity index (χ4v) is 6.14.